The first-order valence-electron chi connectivity index (χ1n) is 4.52. The Balaban J connectivity index is 2.11. The molecule has 1 aliphatic rings. The van der Waals surface area contributed by atoms with Crippen molar-refractivity contribution < 1.29 is 0 Å². The predicted molar refractivity (Wildman–Crippen MR) is 50.1 cm³/mol. The molecule has 0 amide bonds. The van der Waals surface area contributed by atoms with Crippen molar-refractivity contribution in [3.05, 3.63) is 0 Å². The molecule has 1 saturated carbocycles. The summed E-state index contributed by atoms with van der Waals surface area (Å²) < 4.78 is 0. The maximum absolute atomic E-state index is 5.84. The van der Waals surface area contributed by atoms with Crippen molar-refractivity contribution in [3.63, 3.8) is 0 Å². The summed E-state index contributed by atoms with van der Waals surface area (Å²) in [6, 6.07) is 0.649. The van der Waals surface area contributed by atoms with Crippen LogP contribution >= 0.6 is 11.6 Å². The molecule has 0 aromatic rings. The fourth-order valence-corrected chi connectivity index (χ4v) is 1.43. The number of hydrogen-bond donors (Lipinski definition) is 1. The molecule has 11 heavy (non-hydrogen) atoms. The lowest BCUT2D eigenvalue weighted by atomic mass is 10.1. The molecule has 1 fully saturated rings. The summed E-state index contributed by atoms with van der Waals surface area (Å²) in [6.07, 6.45) is 3.85. The SMILES string of the molecule is CCC(C)NCC1(CCl)CC1. The average molecular weight is 176 g/mol. The molecule has 1 rings (SSSR count). The monoisotopic (exact) mass is 175 g/mol. The molecule has 0 bridgehead atoms. The van der Waals surface area contributed by atoms with Crippen LogP contribution < -0.4 is 5.32 Å². The highest BCUT2D eigenvalue weighted by Crippen LogP contribution is 2.45. The van der Waals surface area contributed by atoms with Gasteiger partial charge in [0.2, 0.25) is 0 Å². The van der Waals surface area contributed by atoms with Gasteiger partial charge in [0, 0.05) is 18.5 Å². The van der Waals surface area contributed by atoms with E-state index in [9.17, 15) is 0 Å². The summed E-state index contributed by atoms with van der Waals surface area (Å²) in [5, 5.41) is 3.50. The zero-order chi connectivity index (χ0) is 8.32. The van der Waals surface area contributed by atoms with Gasteiger partial charge in [-0.25, -0.2) is 0 Å². The summed E-state index contributed by atoms with van der Waals surface area (Å²) in [7, 11) is 0. The minimum absolute atomic E-state index is 0.477. The van der Waals surface area contributed by atoms with Gasteiger partial charge in [0.05, 0.1) is 0 Å². The van der Waals surface area contributed by atoms with E-state index < -0.39 is 0 Å². The van der Waals surface area contributed by atoms with E-state index in [-0.39, 0.29) is 0 Å². The van der Waals surface area contributed by atoms with Crippen LogP contribution in [0.2, 0.25) is 0 Å². The normalized spacial score (nSPS) is 23.2. The molecule has 1 atom stereocenters. The lowest BCUT2D eigenvalue weighted by molar-refractivity contribution is 0.446. The first-order chi connectivity index (χ1) is 5.22. The summed E-state index contributed by atoms with van der Waals surface area (Å²) in [4.78, 5) is 0. The minimum Gasteiger partial charge on any atom is -0.314 e. The Morgan fingerprint density at radius 2 is 2.18 bits per heavy atom. The molecule has 0 saturated heterocycles. The standard InChI is InChI=1S/C9H18ClN/c1-3-8(2)11-7-9(6-10)4-5-9/h8,11H,3-7H2,1-2H3. The fraction of sp³-hybridized carbons (Fsp3) is 1.00. The Kier molecular flexibility index (Phi) is 3.20. The van der Waals surface area contributed by atoms with Gasteiger partial charge in [-0.2, -0.15) is 0 Å². The first-order valence-corrected chi connectivity index (χ1v) is 5.05. The smallest absolute Gasteiger partial charge is 0.0292 e. The van der Waals surface area contributed by atoms with Crippen LogP contribution in [-0.2, 0) is 0 Å². The van der Waals surface area contributed by atoms with Crippen LogP contribution in [0.25, 0.3) is 0 Å². The van der Waals surface area contributed by atoms with Crippen LogP contribution in [0.15, 0.2) is 0 Å². The predicted octanol–water partition coefficient (Wildman–Crippen LogP) is 2.39. The molecule has 1 unspecified atom stereocenters. The topological polar surface area (TPSA) is 12.0 Å². The molecule has 0 aromatic heterocycles. The van der Waals surface area contributed by atoms with Gasteiger partial charge in [-0.15, -0.1) is 11.6 Å². The Morgan fingerprint density at radius 3 is 2.55 bits per heavy atom. The third-order valence-electron chi connectivity index (χ3n) is 2.68. The van der Waals surface area contributed by atoms with E-state index in [4.69, 9.17) is 11.6 Å². The molecule has 2 heteroatoms. The molecular weight excluding hydrogens is 158 g/mol. The van der Waals surface area contributed by atoms with E-state index in [1.54, 1.807) is 0 Å². The largest absolute Gasteiger partial charge is 0.314 e. The Morgan fingerprint density at radius 1 is 1.55 bits per heavy atom. The van der Waals surface area contributed by atoms with Gasteiger partial charge in [-0.1, -0.05) is 6.92 Å². The second kappa shape index (κ2) is 3.77. The van der Waals surface area contributed by atoms with Crippen molar-refractivity contribution >= 4 is 11.6 Å². The zero-order valence-electron chi connectivity index (χ0n) is 7.49. The van der Waals surface area contributed by atoms with Gasteiger partial charge >= 0.3 is 0 Å². The van der Waals surface area contributed by atoms with Crippen LogP contribution in [0.5, 0.6) is 0 Å². The lowest BCUT2D eigenvalue weighted by Gasteiger charge is -2.16. The Hall–Kier alpha value is 0.250. The van der Waals surface area contributed by atoms with Gasteiger partial charge in [-0.3, -0.25) is 0 Å². The third kappa shape index (κ3) is 2.64. The van der Waals surface area contributed by atoms with Crippen molar-refractivity contribution in [2.24, 2.45) is 5.41 Å². The molecule has 1 N–H and O–H groups in total. The van der Waals surface area contributed by atoms with Crippen LogP contribution in [0.3, 0.4) is 0 Å². The summed E-state index contributed by atoms with van der Waals surface area (Å²) in [5.74, 6) is 0.830. The van der Waals surface area contributed by atoms with Crippen molar-refractivity contribution in [2.75, 3.05) is 12.4 Å². The maximum atomic E-state index is 5.84. The highest BCUT2D eigenvalue weighted by molar-refractivity contribution is 6.18. The second-order valence-electron chi connectivity index (χ2n) is 3.82. The highest BCUT2D eigenvalue weighted by Gasteiger charge is 2.41. The third-order valence-corrected chi connectivity index (χ3v) is 3.25. The van der Waals surface area contributed by atoms with E-state index in [1.165, 1.54) is 19.3 Å². The second-order valence-corrected chi connectivity index (χ2v) is 4.09. The van der Waals surface area contributed by atoms with E-state index >= 15 is 0 Å². The molecule has 0 heterocycles. The van der Waals surface area contributed by atoms with Crippen molar-refractivity contribution in [1.29, 1.82) is 0 Å². The average Bonchev–Trinajstić information content (AvgIpc) is 2.81. The molecule has 1 aliphatic carbocycles. The fourth-order valence-electron chi connectivity index (χ4n) is 1.07. The number of halogens is 1. The van der Waals surface area contributed by atoms with Crippen molar-refractivity contribution in [2.45, 2.75) is 39.2 Å². The molecular formula is C9H18ClN. The summed E-state index contributed by atoms with van der Waals surface area (Å²) in [6.45, 7) is 5.55. The van der Waals surface area contributed by atoms with E-state index in [1.807, 2.05) is 0 Å². The van der Waals surface area contributed by atoms with Crippen molar-refractivity contribution in [1.82, 2.24) is 5.32 Å². The maximum Gasteiger partial charge on any atom is 0.0292 e. The van der Waals surface area contributed by atoms with Gasteiger partial charge in [0.15, 0.2) is 0 Å². The Bertz CT molecular complexity index is 121. The van der Waals surface area contributed by atoms with Crippen LogP contribution in [0.1, 0.15) is 33.1 Å². The molecule has 1 nitrogen and oxygen atoms in total. The quantitative estimate of drug-likeness (QED) is 0.633. The molecule has 66 valence electrons. The summed E-state index contributed by atoms with van der Waals surface area (Å²) in [5.41, 5.74) is 0.477. The van der Waals surface area contributed by atoms with Crippen LogP contribution in [-0.4, -0.2) is 18.5 Å². The van der Waals surface area contributed by atoms with Gasteiger partial charge in [-0.05, 0) is 31.6 Å². The van der Waals surface area contributed by atoms with Crippen molar-refractivity contribution in [3.8, 4) is 0 Å². The molecule has 0 aromatic carbocycles. The minimum atomic E-state index is 0.477. The number of nitrogens with one attached hydrogen (secondary N) is 1. The lowest BCUT2D eigenvalue weighted by Crippen LogP contribution is -2.32. The summed E-state index contributed by atoms with van der Waals surface area (Å²) >= 11 is 5.84. The van der Waals surface area contributed by atoms with Crippen LogP contribution in [0.4, 0.5) is 0 Å². The Labute approximate surface area is 74.5 Å². The molecule has 0 aliphatic heterocycles. The number of alkyl halides is 1. The van der Waals surface area contributed by atoms with Gasteiger partial charge in [0.1, 0.15) is 0 Å². The number of rotatable bonds is 5. The molecule has 0 radical (unpaired) electrons. The highest BCUT2D eigenvalue weighted by atomic mass is 35.5. The van der Waals surface area contributed by atoms with Crippen LogP contribution in [0, 0.1) is 5.41 Å². The number of hydrogen-bond acceptors (Lipinski definition) is 1. The van der Waals surface area contributed by atoms with E-state index in [0.717, 1.165) is 12.4 Å². The van der Waals surface area contributed by atoms with Gasteiger partial charge < -0.3 is 5.32 Å². The van der Waals surface area contributed by atoms with E-state index in [0.29, 0.717) is 11.5 Å². The first kappa shape index (κ1) is 9.34. The van der Waals surface area contributed by atoms with E-state index in [2.05, 4.69) is 19.2 Å². The van der Waals surface area contributed by atoms with Gasteiger partial charge in [0.25, 0.3) is 0 Å². The zero-order valence-corrected chi connectivity index (χ0v) is 8.25. The molecule has 0 spiro atoms.